The minimum absolute atomic E-state index is 0. The molecule has 0 aliphatic heterocycles. The molecular formula is C104H92Ir4N6-6. The Labute approximate surface area is 731 Å². The van der Waals surface area contributed by atoms with Gasteiger partial charge in [0.2, 0.25) is 0 Å². The van der Waals surface area contributed by atoms with Crippen LogP contribution in [-0.2, 0) is 93.3 Å². The van der Waals surface area contributed by atoms with Crippen LogP contribution in [0.1, 0.15) is 89.5 Å². The fraction of sp³-hybridized carbons (Fsp3) is 0.135. The first-order chi connectivity index (χ1) is 53.8. The number of benzene rings is 10. The molecule has 16 aromatic rings. The van der Waals surface area contributed by atoms with Gasteiger partial charge in [-0.3, -0.25) is 0 Å². The number of hydrogen-bond acceptors (Lipinski definition) is 6. The molecule has 0 aliphatic rings. The number of pyridine rings is 6. The minimum atomic E-state index is 0. The molecule has 0 saturated carbocycles. The maximum absolute atomic E-state index is 4.52. The van der Waals surface area contributed by atoms with Gasteiger partial charge in [-0.2, -0.15) is 0 Å². The Hall–Kier alpha value is -10.3. The molecule has 10 aromatic carbocycles. The average molecular weight is 2190 g/mol. The molecule has 0 saturated heterocycles. The summed E-state index contributed by atoms with van der Waals surface area (Å²) in [5, 5.41) is 0. The van der Waals surface area contributed by atoms with Crippen LogP contribution in [0.25, 0.3) is 112 Å². The molecule has 0 fully saturated rings. The molecule has 6 nitrogen and oxygen atoms in total. The Bertz CT molecular complexity index is 4960. The molecule has 0 atom stereocenters. The fourth-order valence-corrected chi connectivity index (χ4v) is 12.2. The summed E-state index contributed by atoms with van der Waals surface area (Å²) in [6.07, 6.45) is 13.3. The van der Waals surface area contributed by atoms with Crippen molar-refractivity contribution >= 4 is 0 Å². The van der Waals surface area contributed by atoms with Gasteiger partial charge in [0.1, 0.15) is 0 Å². The van der Waals surface area contributed by atoms with Crippen LogP contribution >= 0.6 is 0 Å². The molecule has 0 bridgehead atoms. The zero-order valence-electron chi connectivity index (χ0n) is 65.4. The van der Waals surface area contributed by atoms with Gasteiger partial charge in [-0.25, -0.2) is 0 Å². The van der Waals surface area contributed by atoms with Crippen LogP contribution in [0.3, 0.4) is 0 Å². The second-order valence-electron chi connectivity index (χ2n) is 28.0. The molecule has 0 unspecified atom stereocenters. The summed E-state index contributed by atoms with van der Waals surface area (Å²) >= 11 is 0. The van der Waals surface area contributed by atoms with Crippen molar-refractivity contribution in [1.82, 2.24) is 29.9 Å². The molecule has 0 amide bonds. The van der Waals surface area contributed by atoms with Crippen LogP contribution < -0.4 is 0 Å². The third-order valence-corrected chi connectivity index (χ3v) is 17.9. The molecule has 0 aliphatic carbocycles. The summed E-state index contributed by atoms with van der Waals surface area (Å²) in [6, 6.07) is 130. The van der Waals surface area contributed by atoms with Gasteiger partial charge in [-0.15, -0.1) is 213 Å². The molecule has 4 radical (unpaired) electrons. The van der Waals surface area contributed by atoms with Gasteiger partial charge in [0.15, 0.2) is 0 Å². The summed E-state index contributed by atoms with van der Waals surface area (Å²) in [7, 11) is 0. The third kappa shape index (κ3) is 28.7. The first kappa shape index (κ1) is 90.9. The van der Waals surface area contributed by atoms with E-state index >= 15 is 0 Å². The average Bonchev–Trinajstić information content (AvgIpc) is 0.842. The van der Waals surface area contributed by atoms with E-state index < -0.39 is 0 Å². The van der Waals surface area contributed by atoms with Crippen LogP contribution in [0.15, 0.2) is 365 Å². The van der Waals surface area contributed by atoms with Gasteiger partial charge < -0.3 is 29.9 Å². The molecule has 0 spiro atoms. The van der Waals surface area contributed by atoms with Gasteiger partial charge >= 0.3 is 0 Å². The Morgan fingerprint density at radius 2 is 0.509 bits per heavy atom. The van der Waals surface area contributed by atoms with Crippen LogP contribution in [0.5, 0.6) is 0 Å². The zero-order chi connectivity index (χ0) is 76.5. The van der Waals surface area contributed by atoms with Crippen molar-refractivity contribution in [3.8, 4) is 112 Å². The zero-order valence-corrected chi connectivity index (χ0v) is 75.0. The van der Waals surface area contributed by atoms with E-state index in [0.29, 0.717) is 23.7 Å². The monoisotopic (exact) mass is 2200 g/mol. The molecule has 114 heavy (non-hydrogen) atoms. The van der Waals surface area contributed by atoms with E-state index in [1.165, 1.54) is 66.8 Å². The van der Waals surface area contributed by atoms with Crippen molar-refractivity contribution < 1.29 is 80.4 Å². The third-order valence-electron chi connectivity index (χ3n) is 17.9. The summed E-state index contributed by atoms with van der Waals surface area (Å²) in [6.45, 7) is 17.8. The molecule has 580 valence electrons. The first-order valence-corrected chi connectivity index (χ1v) is 37.7. The Morgan fingerprint density at radius 3 is 0.860 bits per heavy atom. The predicted molar refractivity (Wildman–Crippen MR) is 458 cm³/mol. The van der Waals surface area contributed by atoms with Gasteiger partial charge in [0.25, 0.3) is 0 Å². The van der Waals surface area contributed by atoms with Gasteiger partial charge in [-0.1, -0.05) is 242 Å². The van der Waals surface area contributed by atoms with Gasteiger partial charge in [0, 0.05) is 118 Å². The van der Waals surface area contributed by atoms with Crippen molar-refractivity contribution in [3.63, 3.8) is 0 Å². The second kappa shape index (κ2) is 48.7. The Balaban J connectivity index is 0.000000191. The van der Waals surface area contributed by atoms with E-state index in [1.807, 2.05) is 164 Å². The van der Waals surface area contributed by atoms with Crippen LogP contribution in [0.2, 0.25) is 0 Å². The van der Waals surface area contributed by atoms with E-state index in [-0.39, 0.29) is 80.4 Å². The second-order valence-corrected chi connectivity index (χ2v) is 28.0. The molecular weight excluding hydrogens is 2100 g/mol. The molecule has 0 N–H and O–H groups in total. The van der Waals surface area contributed by atoms with E-state index in [9.17, 15) is 0 Å². The fourth-order valence-electron chi connectivity index (χ4n) is 12.2. The SMILES string of the molecule is CC(C)Cc1ccnc(-c2[c-]ccc(-c3ccccc3)c2)c1.CC(C)Cc1ccnc(-c2[c-]ccc(-c3ccccc3)c2)c1.CC(C)c1cc[c-]c(-c2cc(-c3ccccc3)ccn2)c1.CC(C)c1ccnc(-c2[c-]ccc(-c3ccccc3)c2)c1.[Ir].[Ir].[Ir].[Ir].[c-]1ccccc1-c1ccccn1.[c-]1ccccc1-c1ccccn1. The summed E-state index contributed by atoms with van der Waals surface area (Å²) in [4.78, 5) is 26.5. The van der Waals surface area contributed by atoms with Gasteiger partial charge in [-0.05, 0) is 135 Å². The maximum atomic E-state index is 4.52. The summed E-state index contributed by atoms with van der Waals surface area (Å²) in [5.41, 5.74) is 27.1. The standard InChI is InChI=1S/2C21H20N.2C20H18N.2C11H8N.4Ir/c2*1-16(2)13-17-11-12-22-21(14-17)20-10-6-9-19(15-20)18-7-4-3-5-8-18;1-15(2)17-11-12-21-20(14-17)19-10-6-9-18(13-19)16-7-4-3-5-8-16;1-15(2)17-9-6-10-19(13-17)20-14-18(11-12-21-20)16-7-4-3-5-8-16;2*1-2-6-10(7-3-1)11-8-4-5-9-12-11;;;;/h2*3-9,11-12,14-16H,13H2,1-2H3;2*3-9,11-15H,1-2H3;2*1-6,8-9H;;;;/q6*-1;;;;. The normalized spacial score (nSPS) is 10.2. The van der Waals surface area contributed by atoms with Crippen LogP contribution in [-0.4, -0.2) is 29.9 Å². The number of hydrogen-bond donors (Lipinski definition) is 0. The van der Waals surface area contributed by atoms with E-state index in [0.717, 1.165) is 80.4 Å². The topological polar surface area (TPSA) is 77.3 Å². The molecule has 10 heteroatoms. The first-order valence-electron chi connectivity index (χ1n) is 37.7. The van der Waals surface area contributed by atoms with E-state index in [2.05, 4.69) is 310 Å². The number of rotatable bonds is 16. The number of aromatic nitrogens is 6. The Kier molecular flexibility index (Phi) is 38.8. The Morgan fingerprint density at radius 1 is 0.211 bits per heavy atom. The van der Waals surface area contributed by atoms with Crippen molar-refractivity contribution in [2.45, 2.75) is 80.1 Å². The maximum Gasteiger partial charge on any atom is 0.0166 e. The summed E-state index contributed by atoms with van der Waals surface area (Å²) in [5.74, 6) is 2.31. The number of nitrogens with zero attached hydrogens (tertiary/aromatic N) is 6. The van der Waals surface area contributed by atoms with Gasteiger partial charge in [0.05, 0.1) is 0 Å². The molecule has 6 aromatic heterocycles. The largest absolute Gasteiger partial charge is 0.305 e. The van der Waals surface area contributed by atoms with Crippen LogP contribution in [0.4, 0.5) is 0 Å². The van der Waals surface area contributed by atoms with Crippen molar-refractivity contribution in [2.24, 2.45) is 11.8 Å². The summed E-state index contributed by atoms with van der Waals surface area (Å²) < 4.78 is 0. The van der Waals surface area contributed by atoms with Crippen molar-refractivity contribution in [1.29, 1.82) is 0 Å². The van der Waals surface area contributed by atoms with Crippen molar-refractivity contribution in [3.05, 3.63) is 423 Å². The van der Waals surface area contributed by atoms with Crippen LogP contribution in [0, 0.1) is 48.2 Å². The smallest absolute Gasteiger partial charge is 0.0166 e. The molecule has 16 rings (SSSR count). The van der Waals surface area contributed by atoms with Crippen molar-refractivity contribution in [2.75, 3.05) is 0 Å². The van der Waals surface area contributed by atoms with E-state index in [1.54, 1.807) is 12.4 Å². The molecule has 6 heterocycles. The quantitative estimate of drug-likeness (QED) is 0.0897. The minimum Gasteiger partial charge on any atom is -0.305 e. The van der Waals surface area contributed by atoms with E-state index in [4.69, 9.17) is 0 Å². The predicted octanol–water partition coefficient (Wildman–Crippen LogP) is 26.6.